The van der Waals surface area contributed by atoms with Crippen LogP contribution in [0, 0.1) is 5.82 Å². The van der Waals surface area contributed by atoms with Crippen LogP contribution in [0.25, 0.3) is 16.9 Å². The van der Waals surface area contributed by atoms with Gasteiger partial charge in [0.2, 0.25) is 0 Å². The van der Waals surface area contributed by atoms with E-state index in [0.29, 0.717) is 17.6 Å². The van der Waals surface area contributed by atoms with Crippen LogP contribution < -0.4 is 10.6 Å². The summed E-state index contributed by atoms with van der Waals surface area (Å²) in [5.41, 5.74) is 8.88. The number of aromatic nitrogens is 3. The number of primary amides is 1. The van der Waals surface area contributed by atoms with Gasteiger partial charge in [-0.25, -0.2) is 14.4 Å². The van der Waals surface area contributed by atoms with Crippen LogP contribution in [-0.2, 0) is 6.42 Å². The molecular formula is C20H18FN5OS. The van der Waals surface area contributed by atoms with Gasteiger partial charge in [-0.1, -0.05) is 6.92 Å². The number of thiazole rings is 1. The quantitative estimate of drug-likeness (QED) is 0.554. The second-order valence-corrected chi connectivity index (χ2v) is 7.13. The van der Waals surface area contributed by atoms with Gasteiger partial charge in [0.15, 0.2) is 10.8 Å². The highest BCUT2D eigenvalue weighted by Gasteiger charge is 2.21. The van der Waals surface area contributed by atoms with Crippen molar-refractivity contribution >= 4 is 33.8 Å². The Morgan fingerprint density at radius 1 is 1.25 bits per heavy atom. The SMILES string of the molecule is CCc1nc2c(C(N)=O)cccn2c1N(C)c1nc(-c2ccc(F)cc2)cs1. The molecule has 0 saturated carbocycles. The first-order valence-electron chi connectivity index (χ1n) is 8.74. The fourth-order valence-electron chi connectivity index (χ4n) is 3.15. The standard InChI is InChI=1S/C20H18FN5OS/c1-3-15-19(26-10-4-5-14(17(22)27)18(26)23-15)25(2)20-24-16(11-28-20)12-6-8-13(21)9-7-12/h4-11H,3H2,1-2H3,(H2,22,27). The molecule has 0 aliphatic rings. The van der Waals surface area contributed by atoms with Gasteiger partial charge in [0, 0.05) is 24.2 Å². The third-order valence-electron chi connectivity index (χ3n) is 4.53. The molecule has 8 heteroatoms. The molecule has 4 aromatic rings. The molecule has 1 amide bonds. The number of halogens is 1. The molecule has 3 heterocycles. The first-order chi connectivity index (χ1) is 13.5. The molecule has 0 atom stereocenters. The van der Waals surface area contributed by atoms with Crippen LogP contribution in [0.1, 0.15) is 23.0 Å². The lowest BCUT2D eigenvalue weighted by molar-refractivity contribution is 0.100. The molecule has 28 heavy (non-hydrogen) atoms. The lowest BCUT2D eigenvalue weighted by atomic mass is 10.2. The van der Waals surface area contributed by atoms with Gasteiger partial charge in [-0.2, -0.15) is 0 Å². The van der Waals surface area contributed by atoms with E-state index in [1.807, 2.05) is 34.8 Å². The monoisotopic (exact) mass is 395 g/mol. The minimum absolute atomic E-state index is 0.278. The van der Waals surface area contributed by atoms with E-state index in [9.17, 15) is 9.18 Å². The highest BCUT2D eigenvalue weighted by molar-refractivity contribution is 7.14. The molecule has 1 aromatic carbocycles. The maximum absolute atomic E-state index is 13.2. The summed E-state index contributed by atoms with van der Waals surface area (Å²) in [5.74, 6) is 0.0424. The molecule has 142 valence electrons. The Balaban J connectivity index is 1.79. The second kappa shape index (κ2) is 7.05. The summed E-state index contributed by atoms with van der Waals surface area (Å²) >= 11 is 1.48. The summed E-state index contributed by atoms with van der Waals surface area (Å²) in [7, 11) is 1.91. The third-order valence-corrected chi connectivity index (χ3v) is 5.45. The third kappa shape index (κ3) is 3.01. The number of nitrogens with two attached hydrogens (primary N) is 1. The number of benzene rings is 1. The number of anilines is 2. The Bertz CT molecular complexity index is 1170. The largest absolute Gasteiger partial charge is 0.365 e. The van der Waals surface area contributed by atoms with Gasteiger partial charge in [0.1, 0.15) is 11.6 Å². The van der Waals surface area contributed by atoms with Gasteiger partial charge >= 0.3 is 0 Å². The molecule has 0 saturated heterocycles. The molecule has 0 aliphatic heterocycles. The zero-order valence-corrected chi connectivity index (χ0v) is 16.2. The van der Waals surface area contributed by atoms with Crippen molar-refractivity contribution in [2.45, 2.75) is 13.3 Å². The first-order valence-corrected chi connectivity index (χ1v) is 9.62. The molecule has 0 bridgehead atoms. The molecular weight excluding hydrogens is 377 g/mol. The highest BCUT2D eigenvalue weighted by Crippen LogP contribution is 2.34. The van der Waals surface area contributed by atoms with Crippen molar-refractivity contribution < 1.29 is 9.18 Å². The predicted molar refractivity (Wildman–Crippen MR) is 109 cm³/mol. The van der Waals surface area contributed by atoms with E-state index in [1.54, 1.807) is 24.3 Å². The van der Waals surface area contributed by atoms with Crippen molar-refractivity contribution in [3.05, 3.63) is 65.0 Å². The summed E-state index contributed by atoms with van der Waals surface area (Å²) in [6.45, 7) is 2.01. The fraction of sp³-hybridized carbons (Fsp3) is 0.150. The molecule has 0 unspecified atom stereocenters. The molecule has 0 radical (unpaired) electrons. The molecule has 0 fully saturated rings. The van der Waals surface area contributed by atoms with Crippen LogP contribution in [0.4, 0.5) is 15.3 Å². The Kier molecular flexibility index (Phi) is 4.56. The lowest BCUT2D eigenvalue weighted by Crippen LogP contribution is -2.15. The van der Waals surface area contributed by atoms with E-state index in [4.69, 9.17) is 10.7 Å². The number of hydrogen-bond acceptors (Lipinski definition) is 5. The van der Waals surface area contributed by atoms with Crippen molar-refractivity contribution in [1.82, 2.24) is 14.4 Å². The zero-order chi connectivity index (χ0) is 19.8. The van der Waals surface area contributed by atoms with Crippen LogP contribution in [0.15, 0.2) is 48.0 Å². The lowest BCUT2D eigenvalue weighted by Gasteiger charge is -2.17. The van der Waals surface area contributed by atoms with E-state index in [-0.39, 0.29) is 5.82 Å². The maximum atomic E-state index is 13.2. The molecule has 4 rings (SSSR count). The number of carbonyl (C=O) groups excluding carboxylic acids is 1. The van der Waals surface area contributed by atoms with Crippen molar-refractivity contribution in [2.75, 3.05) is 11.9 Å². The minimum atomic E-state index is -0.514. The Morgan fingerprint density at radius 3 is 2.68 bits per heavy atom. The number of amides is 1. The van der Waals surface area contributed by atoms with Crippen LogP contribution in [0.3, 0.4) is 0 Å². The summed E-state index contributed by atoms with van der Waals surface area (Å²) in [4.78, 5) is 23.0. The smallest absolute Gasteiger partial charge is 0.252 e. The Hall–Kier alpha value is -3.26. The van der Waals surface area contributed by atoms with Gasteiger partial charge in [0.25, 0.3) is 5.91 Å². The van der Waals surface area contributed by atoms with Crippen LogP contribution >= 0.6 is 11.3 Å². The molecule has 2 N–H and O–H groups in total. The van der Waals surface area contributed by atoms with Crippen molar-refractivity contribution in [1.29, 1.82) is 0 Å². The predicted octanol–water partition coefficient (Wildman–Crippen LogP) is 4.03. The number of pyridine rings is 1. The number of fused-ring (bicyclic) bond motifs is 1. The summed E-state index contributed by atoms with van der Waals surface area (Å²) in [5, 5.41) is 2.70. The Morgan fingerprint density at radius 2 is 2.00 bits per heavy atom. The van der Waals surface area contributed by atoms with Gasteiger partial charge in [0.05, 0.1) is 17.0 Å². The zero-order valence-electron chi connectivity index (χ0n) is 15.4. The van der Waals surface area contributed by atoms with Gasteiger partial charge in [-0.05, 0) is 42.8 Å². The highest BCUT2D eigenvalue weighted by atomic mass is 32.1. The first kappa shape index (κ1) is 18.1. The number of aryl methyl sites for hydroxylation is 1. The van der Waals surface area contributed by atoms with E-state index >= 15 is 0 Å². The van der Waals surface area contributed by atoms with E-state index in [0.717, 1.165) is 27.9 Å². The average molecular weight is 395 g/mol. The van der Waals surface area contributed by atoms with E-state index in [2.05, 4.69) is 4.98 Å². The van der Waals surface area contributed by atoms with E-state index < -0.39 is 5.91 Å². The van der Waals surface area contributed by atoms with Gasteiger partial charge in [-0.15, -0.1) is 11.3 Å². The average Bonchev–Trinajstić information content (AvgIpc) is 3.32. The number of nitrogens with zero attached hydrogens (tertiary/aromatic N) is 4. The molecule has 0 aliphatic carbocycles. The van der Waals surface area contributed by atoms with Crippen molar-refractivity contribution in [3.8, 4) is 11.3 Å². The summed E-state index contributed by atoms with van der Waals surface area (Å²) < 4.78 is 15.0. The molecule has 6 nitrogen and oxygen atoms in total. The molecule has 0 spiro atoms. The summed E-state index contributed by atoms with van der Waals surface area (Å²) in [6.07, 6.45) is 2.55. The van der Waals surface area contributed by atoms with E-state index in [1.165, 1.54) is 23.5 Å². The topological polar surface area (TPSA) is 76.5 Å². The fourth-order valence-corrected chi connectivity index (χ4v) is 3.95. The normalized spacial score (nSPS) is 11.1. The minimum Gasteiger partial charge on any atom is -0.365 e. The molecule has 3 aromatic heterocycles. The summed E-state index contributed by atoms with van der Waals surface area (Å²) in [6, 6.07) is 9.70. The van der Waals surface area contributed by atoms with Crippen LogP contribution in [-0.4, -0.2) is 27.3 Å². The van der Waals surface area contributed by atoms with Gasteiger partial charge < -0.3 is 10.6 Å². The van der Waals surface area contributed by atoms with Crippen LogP contribution in [0.2, 0.25) is 0 Å². The number of rotatable bonds is 5. The Labute approximate surface area is 165 Å². The number of hydrogen-bond donors (Lipinski definition) is 1. The second-order valence-electron chi connectivity index (χ2n) is 6.30. The van der Waals surface area contributed by atoms with Gasteiger partial charge in [-0.3, -0.25) is 9.20 Å². The number of imidazole rings is 1. The maximum Gasteiger partial charge on any atom is 0.252 e. The number of carbonyl (C=O) groups is 1. The van der Waals surface area contributed by atoms with Crippen molar-refractivity contribution in [2.24, 2.45) is 5.73 Å². The van der Waals surface area contributed by atoms with Crippen LogP contribution in [0.5, 0.6) is 0 Å². The van der Waals surface area contributed by atoms with Crippen molar-refractivity contribution in [3.63, 3.8) is 0 Å².